The predicted octanol–water partition coefficient (Wildman–Crippen LogP) is 5.64. The number of nitrogens with one attached hydrogen (secondary N) is 1. The lowest BCUT2D eigenvalue weighted by Gasteiger charge is -2.24. The van der Waals surface area contributed by atoms with E-state index in [4.69, 9.17) is 14.6 Å². The second-order valence-corrected chi connectivity index (χ2v) is 10.8. The van der Waals surface area contributed by atoms with Crippen LogP contribution in [-0.4, -0.2) is 47.2 Å². The average molecular weight is 561 g/mol. The molecule has 206 valence electrons. The maximum atomic E-state index is 13.9. The Balaban J connectivity index is 1.38. The molecule has 0 radical (unpaired) electrons. The van der Waals surface area contributed by atoms with E-state index in [2.05, 4.69) is 10.3 Å². The minimum Gasteiger partial charge on any atom is -0.493 e. The summed E-state index contributed by atoms with van der Waals surface area (Å²) in [5.74, 6) is -0.0181. The molecule has 0 unspecified atom stereocenters. The first-order chi connectivity index (χ1) is 19.2. The van der Waals surface area contributed by atoms with Crippen molar-refractivity contribution in [2.45, 2.75) is 38.0 Å². The highest BCUT2D eigenvalue weighted by Crippen LogP contribution is 2.41. The van der Waals surface area contributed by atoms with Gasteiger partial charge in [-0.2, -0.15) is 10.1 Å². The summed E-state index contributed by atoms with van der Waals surface area (Å²) >= 11 is 1.20. The number of nitrogens with zero attached hydrogens (tertiary/aromatic N) is 3. The maximum Gasteiger partial charge on any atom is 0.262 e. The van der Waals surface area contributed by atoms with Crippen molar-refractivity contribution >= 4 is 40.1 Å². The summed E-state index contributed by atoms with van der Waals surface area (Å²) in [7, 11) is 3.16. The smallest absolute Gasteiger partial charge is 0.262 e. The number of thioether (sulfide) groups is 1. The van der Waals surface area contributed by atoms with Gasteiger partial charge in [-0.15, -0.1) is 0 Å². The Labute approximate surface area is 236 Å². The summed E-state index contributed by atoms with van der Waals surface area (Å²) in [6, 6.07) is 18.0. The van der Waals surface area contributed by atoms with Crippen LogP contribution in [0.15, 0.2) is 70.8 Å². The summed E-state index contributed by atoms with van der Waals surface area (Å²) in [5.41, 5.74) is 4.73. The van der Waals surface area contributed by atoms with E-state index in [1.165, 1.54) is 17.8 Å². The Morgan fingerprint density at radius 1 is 1.05 bits per heavy atom. The van der Waals surface area contributed by atoms with Crippen LogP contribution in [0.2, 0.25) is 0 Å². The first-order valence-electron chi connectivity index (χ1n) is 12.8. The van der Waals surface area contributed by atoms with Crippen molar-refractivity contribution in [2.75, 3.05) is 19.5 Å². The SMILES string of the molecule is COc1ccc([C@H]2CC(c3ccc(C)cc3)=NN2C2=NC(=O)[C@@H](CC(=O)Nc3ccc(C)c(F)c3)S2)cc1OC. The van der Waals surface area contributed by atoms with Crippen LogP contribution in [-0.2, 0) is 9.59 Å². The number of rotatable bonds is 7. The number of aryl methyl sites for hydroxylation is 2. The molecule has 2 heterocycles. The van der Waals surface area contributed by atoms with E-state index < -0.39 is 22.9 Å². The van der Waals surface area contributed by atoms with Crippen LogP contribution < -0.4 is 14.8 Å². The first-order valence-corrected chi connectivity index (χ1v) is 13.6. The van der Waals surface area contributed by atoms with E-state index in [0.717, 1.165) is 22.4 Å². The Kier molecular flexibility index (Phi) is 7.88. The topological polar surface area (TPSA) is 92.6 Å². The van der Waals surface area contributed by atoms with Gasteiger partial charge >= 0.3 is 0 Å². The van der Waals surface area contributed by atoms with E-state index in [-0.39, 0.29) is 12.5 Å². The lowest BCUT2D eigenvalue weighted by atomic mass is 9.98. The number of aliphatic imine (C=N–C) groups is 1. The lowest BCUT2D eigenvalue weighted by molar-refractivity contribution is -0.121. The fourth-order valence-electron chi connectivity index (χ4n) is 4.58. The van der Waals surface area contributed by atoms with Gasteiger partial charge < -0.3 is 14.8 Å². The Hall–Kier alpha value is -4.18. The van der Waals surface area contributed by atoms with Gasteiger partial charge in [0.15, 0.2) is 16.7 Å². The molecule has 0 aliphatic carbocycles. The van der Waals surface area contributed by atoms with Crippen LogP contribution in [0.5, 0.6) is 11.5 Å². The van der Waals surface area contributed by atoms with Crippen LogP contribution in [0.1, 0.15) is 41.1 Å². The number of methoxy groups -OCH3 is 2. The van der Waals surface area contributed by atoms with E-state index in [0.29, 0.717) is 34.3 Å². The summed E-state index contributed by atoms with van der Waals surface area (Å²) < 4.78 is 24.8. The third kappa shape index (κ3) is 5.72. The number of hydrogen-bond donors (Lipinski definition) is 1. The number of halogens is 1. The highest BCUT2D eigenvalue weighted by atomic mass is 32.2. The van der Waals surface area contributed by atoms with Gasteiger partial charge in [0.2, 0.25) is 5.91 Å². The predicted molar refractivity (Wildman–Crippen MR) is 155 cm³/mol. The molecule has 2 atom stereocenters. The number of ether oxygens (including phenoxy) is 2. The molecule has 10 heteroatoms. The minimum atomic E-state index is -0.713. The van der Waals surface area contributed by atoms with Gasteiger partial charge in [-0.25, -0.2) is 9.40 Å². The molecule has 3 aromatic rings. The fraction of sp³-hybridized carbons (Fsp3) is 0.267. The number of carbonyl (C=O) groups excluding carboxylic acids is 2. The number of hydrogen-bond acceptors (Lipinski definition) is 7. The normalized spacial score (nSPS) is 18.4. The molecule has 0 spiro atoms. The van der Waals surface area contributed by atoms with E-state index in [1.54, 1.807) is 38.3 Å². The molecular formula is C30H29FN4O4S. The van der Waals surface area contributed by atoms with E-state index >= 15 is 0 Å². The van der Waals surface area contributed by atoms with Crippen molar-refractivity contribution in [2.24, 2.45) is 10.1 Å². The number of amidine groups is 1. The third-order valence-electron chi connectivity index (χ3n) is 6.84. The molecule has 0 saturated heterocycles. The van der Waals surface area contributed by atoms with E-state index in [1.807, 2.05) is 49.4 Å². The number of hydrazone groups is 1. The third-order valence-corrected chi connectivity index (χ3v) is 7.98. The molecule has 1 N–H and O–H groups in total. The minimum absolute atomic E-state index is 0.102. The quantitative estimate of drug-likeness (QED) is 0.402. The van der Waals surface area contributed by atoms with Gasteiger partial charge in [0.05, 0.1) is 26.0 Å². The van der Waals surface area contributed by atoms with Crippen LogP contribution in [0.25, 0.3) is 0 Å². The Bertz CT molecular complexity index is 1520. The van der Waals surface area contributed by atoms with Gasteiger partial charge in [0, 0.05) is 18.5 Å². The highest BCUT2D eigenvalue weighted by molar-refractivity contribution is 8.15. The molecule has 2 amide bonds. The molecule has 8 nitrogen and oxygen atoms in total. The first kappa shape index (κ1) is 27.4. The summed E-state index contributed by atoms with van der Waals surface area (Å²) in [6.45, 7) is 3.67. The standard InChI is InChI=1S/C30H29FN4O4S/c1-17-5-8-19(9-6-17)23-15-24(20-10-12-25(38-3)26(13-20)39-4)35(34-23)30-33-29(37)27(40-30)16-28(36)32-21-11-7-18(2)22(31)14-21/h5-14,24,27H,15-16H2,1-4H3,(H,32,36)/t24-,27-/m1/s1. The highest BCUT2D eigenvalue weighted by Gasteiger charge is 2.39. The van der Waals surface area contributed by atoms with Crippen LogP contribution >= 0.6 is 11.8 Å². The summed E-state index contributed by atoms with van der Waals surface area (Å²) in [6.07, 6.45) is 0.478. The average Bonchev–Trinajstić information content (AvgIpc) is 3.54. The largest absolute Gasteiger partial charge is 0.493 e. The molecule has 0 bridgehead atoms. The Morgan fingerprint density at radius 2 is 1.80 bits per heavy atom. The zero-order valence-electron chi connectivity index (χ0n) is 22.6. The molecule has 0 aromatic heterocycles. The van der Waals surface area contributed by atoms with Crippen molar-refractivity contribution in [3.63, 3.8) is 0 Å². The van der Waals surface area contributed by atoms with Crippen molar-refractivity contribution < 1.29 is 23.5 Å². The zero-order valence-corrected chi connectivity index (χ0v) is 23.4. The molecule has 2 aliphatic rings. The van der Waals surface area contributed by atoms with Crippen molar-refractivity contribution in [3.05, 3.63) is 88.7 Å². The van der Waals surface area contributed by atoms with Gasteiger partial charge in [0.1, 0.15) is 11.1 Å². The van der Waals surface area contributed by atoms with Crippen molar-refractivity contribution in [3.8, 4) is 11.5 Å². The Morgan fingerprint density at radius 3 is 2.50 bits per heavy atom. The molecular weight excluding hydrogens is 531 g/mol. The van der Waals surface area contributed by atoms with Gasteiger partial charge in [-0.3, -0.25) is 9.59 Å². The van der Waals surface area contributed by atoms with Crippen LogP contribution in [0.4, 0.5) is 10.1 Å². The van der Waals surface area contributed by atoms with Gasteiger partial charge in [-0.1, -0.05) is 53.7 Å². The maximum absolute atomic E-state index is 13.9. The van der Waals surface area contributed by atoms with Crippen LogP contribution in [0.3, 0.4) is 0 Å². The monoisotopic (exact) mass is 560 g/mol. The molecule has 2 aliphatic heterocycles. The molecule has 3 aromatic carbocycles. The number of anilines is 1. The fourth-order valence-corrected chi connectivity index (χ4v) is 5.64. The van der Waals surface area contributed by atoms with Crippen LogP contribution in [0, 0.1) is 19.7 Å². The lowest BCUT2D eigenvalue weighted by Crippen LogP contribution is -2.25. The number of benzene rings is 3. The van der Waals surface area contributed by atoms with Gasteiger partial charge in [0.25, 0.3) is 5.91 Å². The summed E-state index contributed by atoms with van der Waals surface area (Å²) in [5, 5.41) is 9.03. The number of amides is 2. The summed E-state index contributed by atoms with van der Waals surface area (Å²) in [4.78, 5) is 29.9. The van der Waals surface area contributed by atoms with Crippen molar-refractivity contribution in [1.82, 2.24) is 5.01 Å². The van der Waals surface area contributed by atoms with Gasteiger partial charge in [-0.05, 0) is 54.8 Å². The molecule has 5 rings (SSSR count). The second kappa shape index (κ2) is 11.5. The van der Waals surface area contributed by atoms with E-state index in [9.17, 15) is 14.0 Å². The second-order valence-electron chi connectivity index (χ2n) is 9.65. The van der Waals surface area contributed by atoms with Crippen molar-refractivity contribution in [1.29, 1.82) is 0 Å². The molecule has 0 fully saturated rings. The number of carbonyl (C=O) groups is 2. The molecule has 0 saturated carbocycles. The molecule has 40 heavy (non-hydrogen) atoms. The zero-order chi connectivity index (χ0) is 28.4.